The molecule has 3 rings (SSSR count). The Bertz CT molecular complexity index is 723. The van der Waals surface area contributed by atoms with Gasteiger partial charge in [-0.15, -0.1) is 0 Å². The van der Waals surface area contributed by atoms with Crippen molar-refractivity contribution >= 4 is 11.1 Å². The molecule has 3 heteroatoms. The minimum absolute atomic E-state index is 0.648. The average molecular weight is 253 g/mol. The predicted molar refractivity (Wildman–Crippen MR) is 75.5 cm³/mol. The summed E-state index contributed by atoms with van der Waals surface area (Å²) in [7, 11) is 1.64. The maximum Gasteiger partial charge on any atom is 0.227 e. The number of aromatic nitrogens is 1. The number of rotatable bonds is 2. The molecule has 0 saturated carbocycles. The zero-order valence-electron chi connectivity index (χ0n) is 11.2. The summed E-state index contributed by atoms with van der Waals surface area (Å²) in [4.78, 5) is 4.53. The van der Waals surface area contributed by atoms with Gasteiger partial charge in [-0.1, -0.05) is 17.2 Å². The number of ether oxygens (including phenoxy) is 1. The molecule has 0 aliphatic heterocycles. The lowest BCUT2D eigenvalue weighted by Gasteiger charge is -2.00. The van der Waals surface area contributed by atoms with E-state index in [1.54, 1.807) is 7.11 Å². The first-order chi connectivity index (χ1) is 9.15. The second kappa shape index (κ2) is 4.43. The molecule has 0 atom stereocenters. The molecule has 0 N–H and O–H groups in total. The summed E-state index contributed by atoms with van der Waals surface area (Å²) >= 11 is 0. The number of methoxy groups -OCH3 is 1. The zero-order valence-corrected chi connectivity index (χ0v) is 11.2. The standard InChI is InChI=1S/C16H15NO2/c1-10-6-11(2)8-12(7-10)16-17-14-9-13(18-3)4-5-15(14)19-16/h4-9H,1-3H3. The second-order valence-corrected chi connectivity index (χ2v) is 4.73. The number of benzene rings is 2. The van der Waals surface area contributed by atoms with Crippen molar-refractivity contribution < 1.29 is 9.15 Å². The first-order valence-corrected chi connectivity index (χ1v) is 6.19. The van der Waals surface area contributed by atoms with Crippen molar-refractivity contribution in [2.75, 3.05) is 7.11 Å². The first kappa shape index (κ1) is 11.8. The van der Waals surface area contributed by atoms with Crippen LogP contribution in [0, 0.1) is 13.8 Å². The topological polar surface area (TPSA) is 35.3 Å². The maximum atomic E-state index is 5.80. The molecule has 3 aromatic rings. The van der Waals surface area contributed by atoms with Crippen LogP contribution in [0.5, 0.6) is 5.75 Å². The molecule has 0 unspecified atom stereocenters. The quantitative estimate of drug-likeness (QED) is 0.689. The molecule has 0 amide bonds. The third kappa shape index (κ3) is 2.19. The SMILES string of the molecule is COc1ccc2oc(-c3cc(C)cc(C)c3)nc2c1. The molecule has 0 aliphatic rings. The monoisotopic (exact) mass is 253 g/mol. The van der Waals surface area contributed by atoms with E-state index in [0.717, 1.165) is 22.4 Å². The highest BCUT2D eigenvalue weighted by molar-refractivity contribution is 5.77. The van der Waals surface area contributed by atoms with E-state index in [4.69, 9.17) is 9.15 Å². The predicted octanol–water partition coefficient (Wildman–Crippen LogP) is 4.12. The molecule has 3 nitrogen and oxygen atoms in total. The average Bonchev–Trinajstić information content (AvgIpc) is 2.80. The lowest BCUT2D eigenvalue weighted by Crippen LogP contribution is -1.82. The highest BCUT2D eigenvalue weighted by Gasteiger charge is 2.09. The highest BCUT2D eigenvalue weighted by Crippen LogP contribution is 2.27. The van der Waals surface area contributed by atoms with E-state index in [9.17, 15) is 0 Å². The minimum Gasteiger partial charge on any atom is -0.497 e. The normalized spacial score (nSPS) is 10.9. The largest absolute Gasteiger partial charge is 0.497 e. The van der Waals surface area contributed by atoms with Crippen molar-refractivity contribution in [3.63, 3.8) is 0 Å². The Morgan fingerprint density at radius 3 is 2.42 bits per heavy atom. The van der Waals surface area contributed by atoms with E-state index < -0.39 is 0 Å². The number of aryl methyl sites for hydroxylation is 2. The van der Waals surface area contributed by atoms with Gasteiger partial charge >= 0.3 is 0 Å². The van der Waals surface area contributed by atoms with Crippen molar-refractivity contribution in [2.45, 2.75) is 13.8 Å². The summed E-state index contributed by atoms with van der Waals surface area (Å²) in [6.07, 6.45) is 0. The van der Waals surface area contributed by atoms with Gasteiger partial charge in [0.25, 0.3) is 0 Å². The molecular weight excluding hydrogens is 238 g/mol. The Balaban J connectivity index is 2.14. The van der Waals surface area contributed by atoms with E-state index in [2.05, 4.69) is 37.0 Å². The Morgan fingerprint density at radius 2 is 1.74 bits per heavy atom. The molecule has 0 bridgehead atoms. The number of hydrogen-bond donors (Lipinski definition) is 0. The van der Waals surface area contributed by atoms with Gasteiger partial charge in [0.2, 0.25) is 5.89 Å². The zero-order chi connectivity index (χ0) is 13.4. The Kier molecular flexibility index (Phi) is 2.75. The van der Waals surface area contributed by atoms with Crippen molar-refractivity contribution in [3.05, 3.63) is 47.5 Å². The van der Waals surface area contributed by atoms with Crippen LogP contribution in [0.3, 0.4) is 0 Å². The Labute approximate surface area is 111 Å². The summed E-state index contributed by atoms with van der Waals surface area (Å²) in [5, 5.41) is 0. The molecule has 0 spiro atoms. The van der Waals surface area contributed by atoms with Crippen LogP contribution in [0.1, 0.15) is 11.1 Å². The van der Waals surface area contributed by atoms with E-state index in [0.29, 0.717) is 5.89 Å². The third-order valence-corrected chi connectivity index (χ3v) is 3.06. The van der Waals surface area contributed by atoms with Crippen LogP contribution in [-0.2, 0) is 0 Å². The Hall–Kier alpha value is -2.29. The summed E-state index contributed by atoms with van der Waals surface area (Å²) in [5.74, 6) is 1.43. The Morgan fingerprint density at radius 1 is 1.00 bits per heavy atom. The summed E-state index contributed by atoms with van der Waals surface area (Å²) < 4.78 is 11.0. The lowest BCUT2D eigenvalue weighted by atomic mass is 10.1. The van der Waals surface area contributed by atoms with Gasteiger partial charge in [-0.25, -0.2) is 4.98 Å². The lowest BCUT2D eigenvalue weighted by molar-refractivity contribution is 0.415. The number of oxazole rings is 1. The van der Waals surface area contributed by atoms with Crippen molar-refractivity contribution in [2.24, 2.45) is 0 Å². The summed E-state index contributed by atoms with van der Waals surface area (Å²) in [5.41, 5.74) is 5.00. The van der Waals surface area contributed by atoms with Gasteiger partial charge in [-0.05, 0) is 38.1 Å². The fraction of sp³-hybridized carbons (Fsp3) is 0.188. The molecule has 0 aliphatic carbocycles. The van der Waals surface area contributed by atoms with Gasteiger partial charge in [-0.3, -0.25) is 0 Å². The van der Waals surface area contributed by atoms with Gasteiger partial charge in [0, 0.05) is 11.6 Å². The molecule has 0 radical (unpaired) electrons. The van der Waals surface area contributed by atoms with Gasteiger partial charge in [0.1, 0.15) is 11.3 Å². The molecule has 0 fully saturated rings. The van der Waals surface area contributed by atoms with Crippen molar-refractivity contribution in [1.82, 2.24) is 4.98 Å². The molecule has 19 heavy (non-hydrogen) atoms. The summed E-state index contributed by atoms with van der Waals surface area (Å²) in [6, 6.07) is 11.9. The maximum absolute atomic E-state index is 5.80. The van der Waals surface area contributed by atoms with E-state index in [1.807, 2.05) is 18.2 Å². The van der Waals surface area contributed by atoms with Crippen LogP contribution >= 0.6 is 0 Å². The van der Waals surface area contributed by atoms with Gasteiger partial charge in [0.05, 0.1) is 7.11 Å². The molecular formula is C16H15NO2. The fourth-order valence-corrected chi connectivity index (χ4v) is 2.26. The first-order valence-electron chi connectivity index (χ1n) is 6.19. The van der Waals surface area contributed by atoms with Crippen LogP contribution in [0.15, 0.2) is 40.8 Å². The van der Waals surface area contributed by atoms with Crippen LogP contribution in [0.25, 0.3) is 22.6 Å². The smallest absolute Gasteiger partial charge is 0.227 e. The van der Waals surface area contributed by atoms with Crippen molar-refractivity contribution in [3.8, 4) is 17.2 Å². The fourth-order valence-electron chi connectivity index (χ4n) is 2.26. The van der Waals surface area contributed by atoms with Gasteiger partial charge in [0.15, 0.2) is 5.58 Å². The molecule has 1 aromatic heterocycles. The van der Waals surface area contributed by atoms with E-state index >= 15 is 0 Å². The molecule has 0 saturated heterocycles. The highest BCUT2D eigenvalue weighted by atomic mass is 16.5. The molecule has 96 valence electrons. The minimum atomic E-state index is 0.648. The molecule has 1 heterocycles. The third-order valence-electron chi connectivity index (χ3n) is 3.06. The van der Waals surface area contributed by atoms with E-state index in [1.165, 1.54) is 11.1 Å². The van der Waals surface area contributed by atoms with Crippen LogP contribution < -0.4 is 4.74 Å². The van der Waals surface area contributed by atoms with Crippen molar-refractivity contribution in [1.29, 1.82) is 0 Å². The van der Waals surface area contributed by atoms with E-state index in [-0.39, 0.29) is 0 Å². The number of nitrogens with zero attached hydrogens (tertiary/aromatic N) is 1. The molecule has 2 aromatic carbocycles. The number of hydrogen-bond acceptors (Lipinski definition) is 3. The van der Waals surface area contributed by atoms with Crippen LogP contribution in [0.2, 0.25) is 0 Å². The van der Waals surface area contributed by atoms with Gasteiger partial charge < -0.3 is 9.15 Å². The summed E-state index contributed by atoms with van der Waals surface area (Å²) in [6.45, 7) is 4.14. The van der Waals surface area contributed by atoms with Crippen LogP contribution in [-0.4, -0.2) is 12.1 Å². The van der Waals surface area contributed by atoms with Crippen LogP contribution in [0.4, 0.5) is 0 Å². The number of fused-ring (bicyclic) bond motifs is 1. The van der Waals surface area contributed by atoms with Gasteiger partial charge in [-0.2, -0.15) is 0 Å². The second-order valence-electron chi connectivity index (χ2n) is 4.73.